The molecule has 0 amide bonds. The summed E-state index contributed by atoms with van der Waals surface area (Å²) < 4.78 is 54.4. The predicted molar refractivity (Wildman–Crippen MR) is 336 cm³/mol. The third-order valence-electron chi connectivity index (χ3n) is 15.1. The van der Waals surface area contributed by atoms with Gasteiger partial charge in [-0.05, 0) is 102 Å². The summed E-state index contributed by atoms with van der Waals surface area (Å²) in [5, 5.41) is 0. The standard InChI is InChI=1S/C74H66O18/c1-41(75)84-55-27-22-52(23-28-55)73-62-35-60(67(87-44(4)78)38-69(62)89-46(6)80)57(31-20-50-16-12-10-13-17-50)54-26-33-66(86-43(3)77)59(34-54)58(32-21-51-18-14-11-15-19-51)61-36-63(70(90-47(7)81)39-68(61)88-45(5)79)74(53-24-29-56(30-25-53)85-42(2)76)65-37-64(73)71(91-48(8)82)40-72(65)92-49(9)83/h10-19,22-30,33-40,57-58,73-74H,20-21,31-32H2,1-9H3. The minimum absolute atomic E-state index is 0.00177. The Labute approximate surface area is 531 Å². The summed E-state index contributed by atoms with van der Waals surface area (Å²) in [6, 6.07) is 46.7. The third-order valence-corrected chi connectivity index (χ3v) is 15.1. The minimum atomic E-state index is -1.26. The van der Waals surface area contributed by atoms with Crippen molar-refractivity contribution in [1.82, 2.24) is 0 Å². The van der Waals surface area contributed by atoms with E-state index in [1.807, 2.05) is 66.7 Å². The summed E-state index contributed by atoms with van der Waals surface area (Å²) in [6.45, 7) is 10.9. The number of fused-ring (bicyclic) bond motifs is 8. The molecule has 1 aliphatic rings. The van der Waals surface area contributed by atoms with E-state index in [9.17, 15) is 43.2 Å². The summed E-state index contributed by atoms with van der Waals surface area (Å²) in [5.74, 6) is -10.9. The van der Waals surface area contributed by atoms with Gasteiger partial charge in [0.25, 0.3) is 0 Å². The first-order valence-corrected chi connectivity index (χ1v) is 29.6. The Kier molecular flexibility index (Phi) is 20.7. The molecule has 8 aromatic rings. The fourth-order valence-electron chi connectivity index (χ4n) is 11.7. The molecule has 0 saturated carbocycles. The number of esters is 9. The Hall–Kier alpha value is -11.0. The van der Waals surface area contributed by atoms with Gasteiger partial charge < -0.3 is 42.6 Å². The smallest absolute Gasteiger partial charge is 0.308 e. The zero-order chi connectivity index (χ0) is 65.9. The molecule has 9 rings (SSSR count). The van der Waals surface area contributed by atoms with E-state index in [2.05, 4.69) is 0 Å². The van der Waals surface area contributed by atoms with Gasteiger partial charge in [0, 0.05) is 143 Å². The van der Waals surface area contributed by atoms with Crippen LogP contribution in [-0.4, -0.2) is 53.7 Å². The van der Waals surface area contributed by atoms with Gasteiger partial charge in [0.15, 0.2) is 0 Å². The van der Waals surface area contributed by atoms with Gasteiger partial charge in [-0.25, -0.2) is 0 Å². The van der Waals surface area contributed by atoms with Crippen molar-refractivity contribution in [2.45, 2.75) is 112 Å². The van der Waals surface area contributed by atoms with Crippen molar-refractivity contribution in [3.8, 4) is 51.7 Å². The largest absolute Gasteiger partial charge is 0.427 e. The van der Waals surface area contributed by atoms with Gasteiger partial charge in [-0.2, -0.15) is 0 Å². The molecule has 18 heteroatoms. The van der Waals surface area contributed by atoms with Gasteiger partial charge in [-0.3, -0.25) is 43.2 Å². The van der Waals surface area contributed by atoms with Crippen LogP contribution in [0.15, 0.2) is 164 Å². The zero-order valence-electron chi connectivity index (χ0n) is 52.1. The maximum Gasteiger partial charge on any atom is 0.308 e. The SMILES string of the molecule is CC(=O)Oc1ccc(C2c3cc(c(OC(C)=O)cc3OC(C)=O)C(CCc3ccccc3)c3ccc(OC(C)=O)c(c3)C(CCc3ccccc3)c3cc(c(OC(C)=O)cc3OC(C)=O)C(c3ccc(OC(C)=O)cc3)c3cc2c(OC(C)=O)cc3OC(C)=O)cc1. The van der Waals surface area contributed by atoms with Crippen LogP contribution in [0.5, 0.6) is 51.7 Å². The third kappa shape index (κ3) is 16.2. The van der Waals surface area contributed by atoms with Crippen LogP contribution in [0.2, 0.25) is 0 Å². The highest BCUT2D eigenvalue weighted by molar-refractivity contribution is 5.79. The Morgan fingerprint density at radius 1 is 0.261 bits per heavy atom. The van der Waals surface area contributed by atoms with Gasteiger partial charge in [0.1, 0.15) is 51.7 Å². The van der Waals surface area contributed by atoms with E-state index in [1.165, 1.54) is 92.6 Å². The van der Waals surface area contributed by atoms with E-state index in [0.29, 0.717) is 52.6 Å². The van der Waals surface area contributed by atoms with Crippen LogP contribution in [0.4, 0.5) is 0 Å². The van der Waals surface area contributed by atoms with Gasteiger partial charge in [0.2, 0.25) is 0 Å². The molecule has 18 nitrogen and oxygen atoms in total. The van der Waals surface area contributed by atoms with Crippen molar-refractivity contribution in [2.24, 2.45) is 0 Å². The maximum absolute atomic E-state index is 13.7. The highest BCUT2D eigenvalue weighted by Gasteiger charge is 2.37. The molecule has 8 bridgehead atoms. The molecule has 0 fully saturated rings. The monoisotopic (exact) mass is 1240 g/mol. The minimum Gasteiger partial charge on any atom is -0.427 e. The van der Waals surface area contributed by atoms with E-state index in [0.717, 1.165) is 11.1 Å². The number of carbonyl (C=O) groups is 9. The van der Waals surface area contributed by atoms with E-state index in [1.54, 1.807) is 66.7 Å². The molecule has 92 heavy (non-hydrogen) atoms. The summed E-state index contributed by atoms with van der Waals surface area (Å²) in [5.41, 5.74) is 5.16. The second kappa shape index (κ2) is 29.1. The average Bonchev–Trinajstić information content (AvgIpc) is 0.745. The lowest BCUT2D eigenvalue weighted by atomic mass is 9.75. The fraction of sp³-hybridized carbons (Fsp3) is 0.230. The van der Waals surface area contributed by atoms with Gasteiger partial charge >= 0.3 is 53.7 Å². The highest BCUT2D eigenvalue weighted by Crippen LogP contribution is 2.54. The van der Waals surface area contributed by atoms with Crippen LogP contribution in [0, 0.1) is 0 Å². The summed E-state index contributed by atoms with van der Waals surface area (Å²) in [7, 11) is 0. The number of rotatable bonds is 17. The van der Waals surface area contributed by atoms with Crippen LogP contribution in [0.25, 0.3) is 0 Å². The van der Waals surface area contributed by atoms with Crippen molar-refractivity contribution in [1.29, 1.82) is 0 Å². The Bertz CT molecular complexity index is 4150. The van der Waals surface area contributed by atoms with Gasteiger partial charge in [-0.15, -0.1) is 0 Å². The van der Waals surface area contributed by atoms with Crippen LogP contribution in [0.3, 0.4) is 0 Å². The molecule has 0 radical (unpaired) electrons. The predicted octanol–water partition coefficient (Wildman–Crippen LogP) is 13.2. The molecule has 4 atom stereocenters. The van der Waals surface area contributed by atoms with Crippen molar-refractivity contribution >= 4 is 53.7 Å². The Morgan fingerprint density at radius 3 is 0.870 bits per heavy atom. The van der Waals surface area contributed by atoms with E-state index in [4.69, 9.17) is 42.6 Å². The highest BCUT2D eigenvalue weighted by atomic mass is 16.6. The molecular formula is C74H66O18. The van der Waals surface area contributed by atoms with Crippen LogP contribution in [0.1, 0.15) is 166 Å². The van der Waals surface area contributed by atoms with Crippen LogP contribution in [-0.2, 0) is 56.0 Å². The maximum atomic E-state index is 13.7. The molecule has 8 aromatic carbocycles. The van der Waals surface area contributed by atoms with Gasteiger partial charge in [-0.1, -0.05) is 97.1 Å². The molecule has 4 unspecified atom stereocenters. The van der Waals surface area contributed by atoms with Gasteiger partial charge in [0.05, 0.1) is 0 Å². The van der Waals surface area contributed by atoms with E-state index < -0.39 is 77.4 Å². The number of hydrogen-bond donors (Lipinski definition) is 0. The lowest BCUT2D eigenvalue weighted by molar-refractivity contribution is -0.133. The molecule has 1 aliphatic carbocycles. The van der Waals surface area contributed by atoms with Crippen molar-refractivity contribution < 1.29 is 85.8 Å². The lowest BCUT2D eigenvalue weighted by Gasteiger charge is -2.31. The zero-order valence-corrected chi connectivity index (χ0v) is 52.1. The fourth-order valence-corrected chi connectivity index (χ4v) is 11.7. The van der Waals surface area contributed by atoms with Crippen LogP contribution >= 0.6 is 0 Å². The second-order valence-corrected chi connectivity index (χ2v) is 22.1. The molecule has 0 spiro atoms. The number of benzene rings is 8. The van der Waals surface area contributed by atoms with Crippen molar-refractivity contribution in [3.05, 3.63) is 231 Å². The quantitative estimate of drug-likeness (QED) is 0.0608. The number of aryl methyl sites for hydroxylation is 2. The summed E-state index contributed by atoms with van der Waals surface area (Å²) >= 11 is 0. The molecule has 470 valence electrons. The molecule has 0 N–H and O–H groups in total. The number of hydrogen-bond acceptors (Lipinski definition) is 18. The first-order valence-electron chi connectivity index (χ1n) is 29.6. The number of ether oxygens (including phenoxy) is 9. The van der Waals surface area contributed by atoms with E-state index >= 15 is 0 Å². The molecule has 0 aromatic heterocycles. The van der Waals surface area contributed by atoms with E-state index in [-0.39, 0.29) is 80.4 Å². The number of carbonyl (C=O) groups excluding carboxylic acids is 9. The lowest BCUT2D eigenvalue weighted by Crippen LogP contribution is -2.18. The average molecular weight is 1240 g/mol. The van der Waals surface area contributed by atoms with Crippen molar-refractivity contribution in [3.63, 3.8) is 0 Å². The Balaban J connectivity index is 1.56. The topological polar surface area (TPSA) is 237 Å². The van der Waals surface area contributed by atoms with Crippen molar-refractivity contribution in [2.75, 3.05) is 0 Å². The van der Waals surface area contributed by atoms with Crippen LogP contribution < -0.4 is 42.6 Å². The molecule has 0 saturated heterocycles. The normalized spacial score (nSPS) is 14.7. The summed E-state index contributed by atoms with van der Waals surface area (Å²) in [4.78, 5) is 120. The first-order chi connectivity index (χ1) is 44.0. The molecule has 0 aliphatic heterocycles. The first kappa shape index (κ1) is 65.4. The second-order valence-electron chi connectivity index (χ2n) is 22.1. The summed E-state index contributed by atoms with van der Waals surface area (Å²) in [6.07, 6.45) is 1.36. The molecular weight excluding hydrogens is 1180 g/mol. The molecule has 0 heterocycles. The Morgan fingerprint density at radius 2 is 0.533 bits per heavy atom.